The molecule has 0 amide bonds. The van der Waals surface area contributed by atoms with E-state index in [0.717, 1.165) is 18.4 Å². The van der Waals surface area contributed by atoms with Crippen molar-refractivity contribution in [2.45, 2.75) is 33.3 Å². The minimum atomic E-state index is -0.00822. The summed E-state index contributed by atoms with van der Waals surface area (Å²) in [6.45, 7) is 4.96. The number of hydrogen-bond donors (Lipinski definition) is 2. The van der Waals surface area contributed by atoms with Gasteiger partial charge in [-0.05, 0) is 47.9 Å². The van der Waals surface area contributed by atoms with E-state index in [1.165, 1.54) is 5.56 Å². The predicted octanol–water partition coefficient (Wildman–Crippen LogP) is 5.60. The van der Waals surface area contributed by atoms with E-state index in [4.69, 9.17) is 15.6 Å². The van der Waals surface area contributed by atoms with Gasteiger partial charge in [-0.15, -0.1) is 0 Å². The van der Waals surface area contributed by atoms with E-state index < -0.39 is 0 Å². The summed E-state index contributed by atoms with van der Waals surface area (Å²) in [4.78, 5) is 0. The normalized spacial score (nSPS) is 27.7. The second-order valence-electron chi connectivity index (χ2n) is 7.89. The fourth-order valence-corrected chi connectivity index (χ4v) is 4.42. The van der Waals surface area contributed by atoms with Gasteiger partial charge in [-0.3, -0.25) is 5.41 Å². The van der Waals surface area contributed by atoms with Gasteiger partial charge in [0, 0.05) is 11.8 Å². The molecule has 2 aromatic rings. The van der Waals surface area contributed by atoms with Gasteiger partial charge in [-0.1, -0.05) is 74.5 Å². The van der Waals surface area contributed by atoms with Crippen LogP contribution in [-0.4, -0.2) is 12.1 Å². The summed E-state index contributed by atoms with van der Waals surface area (Å²) in [6, 6.07) is 20.6. The third-order valence-corrected chi connectivity index (χ3v) is 6.31. The molecule has 1 aliphatic carbocycles. The first kappa shape index (κ1) is 19.3. The minimum absolute atomic E-state index is 0.00822. The topological polar surface area (TPSA) is 56.9 Å². The van der Waals surface area contributed by atoms with Gasteiger partial charge in [-0.2, -0.15) is 0 Å². The van der Waals surface area contributed by atoms with E-state index in [9.17, 15) is 0 Å². The molecule has 3 rings (SSSR count). The fourth-order valence-electron chi connectivity index (χ4n) is 4.42. The smallest absolute Gasteiger partial charge is 0.184 e. The standard InChI is InChI=1S/C24H30N2O/c1-17-18(2)23(15-25)22(14-21(17)13-19-9-5-3-6-10-19)24(26)27-16-20-11-7-4-8-12-20/h3-12,15,17-18,21-23,25-26H,13-14,16H2,1-2H3. The van der Waals surface area contributed by atoms with Gasteiger partial charge in [-0.25, -0.2) is 0 Å². The van der Waals surface area contributed by atoms with Crippen molar-refractivity contribution in [2.24, 2.45) is 29.6 Å². The molecule has 0 saturated heterocycles. The van der Waals surface area contributed by atoms with Crippen molar-refractivity contribution in [2.75, 3.05) is 0 Å². The van der Waals surface area contributed by atoms with E-state index in [-0.39, 0.29) is 11.8 Å². The molecule has 2 N–H and O–H groups in total. The van der Waals surface area contributed by atoms with Crippen molar-refractivity contribution >= 4 is 12.1 Å². The molecule has 0 aromatic heterocycles. The van der Waals surface area contributed by atoms with Crippen molar-refractivity contribution < 1.29 is 4.74 Å². The Labute approximate surface area is 162 Å². The third-order valence-electron chi connectivity index (χ3n) is 6.31. The summed E-state index contributed by atoms with van der Waals surface area (Å²) < 4.78 is 5.86. The summed E-state index contributed by atoms with van der Waals surface area (Å²) >= 11 is 0. The maximum atomic E-state index is 8.57. The van der Waals surface area contributed by atoms with Crippen molar-refractivity contribution in [3.63, 3.8) is 0 Å². The lowest BCUT2D eigenvalue weighted by molar-refractivity contribution is 0.107. The zero-order valence-electron chi connectivity index (χ0n) is 16.3. The summed E-state index contributed by atoms with van der Waals surface area (Å²) in [5.74, 6) is 1.81. The molecule has 0 bridgehead atoms. The Morgan fingerprint density at radius 2 is 1.56 bits per heavy atom. The van der Waals surface area contributed by atoms with Crippen LogP contribution in [0.5, 0.6) is 0 Å². The SMILES string of the molecule is CC1C(Cc2ccccc2)CC(C(=N)OCc2ccccc2)C(C=N)C1C. The molecule has 0 radical (unpaired) electrons. The highest BCUT2D eigenvalue weighted by Gasteiger charge is 2.41. The Hall–Kier alpha value is -2.42. The second-order valence-corrected chi connectivity index (χ2v) is 7.89. The predicted molar refractivity (Wildman–Crippen MR) is 111 cm³/mol. The summed E-state index contributed by atoms with van der Waals surface area (Å²) in [6.07, 6.45) is 3.48. The molecule has 0 heterocycles. The van der Waals surface area contributed by atoms with Crippen LogP contribution in [0.4, 0.5) is 0 Å². The van der Waals surface area contributed by atoms with Crippen molar-refractivity contribution in [3.05, 3.63) is 71.8 Å². The van der Waals surface area contributed by atoms with Gasteiger partial charge in [0.2, 0.25) is 0 Å². The highest BCUT2D eigenvalue weighted by molar-refractivity contribution is 5.80. The Bertz CT molecular complexity index is 743. The van der Waals surface area contributed by atoms with Crippen LogP contribution in [-0.2, 0) is 17.8 Å². The maximum Gasteiger partial charge on any atom is 0.184 e. The van der Waals surface area contributed by atoms with Gasteiger partial charge in [0.1, 0.15) is 6.61 Å². The van der Waals surface area contributed by atoms with Crippen LogP contribution >= 0.6 is 0 Å². The summed E-state index contributed by atoms with van der Waals surface area (Å²) in [5, 5.41) is 16.5. The largest absolute Gasteiger partial charge is 0.476 e. The first-order valence-electron chi connectivity index (χ1n) is 9.89. The molecule has 5 unspecified atom stereocenters. The Morgan fingerprint density at radius 1 is 0.963 bits per heavy atom. The van der Waals surface area contributed by atoms with E-state index in [0.29, 0.717) is 30.3 Å². The zero-order valence-corrected chi connectivity index (χ0v) is 16.3. The van der Waals surface area contributed by atoms with Crippen LogP contribution in [0.1, 0.15) is 31.4 Å². The molecular weight excluding hydrogens is 332 g/mol. The number of rotatable bonds is 6. The average Bonchev–Trinajstić information content (AvgIpc) is 2.71. The molecule has 142 valence electrons. The lowest BCUT2D eigenvalue weighted by atomic mass is 9.62. The van der Waals surface area contributed by atoms with Crippen molar-refractivity contribution in [3.8, 4) is 0 Å². The number of nitrogens with one attached hydrogen (secondary N) is 2. The second kappa shape index (κ2) is 8.98. The van der Waals surface area contributed by atoms with Crippen LogP contribution < -0.4 is 0 Å². The maximum absolute atomic E-state index is 8.57. The highest BCUT2D eigenvalue weighted by atomic mass is 16.5. The Morgan fingerprint density at radius 3 is 2.15 bits per heavy atom. The zero-order chi connectivity index (χ0) is 19.2. The Balaban J connectivity index is 1.71. The van der Waals surface area contributed by atoms with E-state index in [1.807, 2.05) is 30.3 Å². The van der Waals surface area contributed by atoms with Crippen LogP contribution in [0.15, 0.2) is 60.7 Å². The van der Waals surface area contributed by atoms with Gasteiger partial charge >= 0.3 is 0 Å². The third kappa shape index (κ3) is 4.65. The summed E-state index contributed by atoms with van der Waals surface area (Å²) in [5.41, 5.74) is 2.43. The first-order chi connectivity index (χ1) is 13.1. The highest BCUT2D eigenvalue weighted by Crippen LogP contribution is 2.43. The molecule has 1 saturated carbocycles. The first-order valence-corrected chi connectivity index (χ1v) is 9.89. The number of benzene rings is 2. The van der Waals surface area contributed by atoms with Gasteiger partial charge in [0.25, 0.3) is 0 Å². The molecule has 1 fully saturated rings. The minimum Gasteiger partial charge on any atom is -0.476 e. The van der Waals surface area contributed by atoms with Crippen molar-refractivity contribution in [1.82, 2.24) is 0 Å². The van der Waals surface area contributed by atoms with Crippen LogP contribution in [0.2, 0.25) is 0 Å². The molecule has 1 aliphatic rings. The fraction of sp³-hybridized carbons (Fsp3) is 0.417. The number of hydrogen-bond acceptors (Lipinski definition) is 3. The van der Waals surface area contributed by atoms with Crippen LogP contribution in [0.25, 0.3) is 0 Å². The van der Waals surface area contributed by atoms with E-state index >= 15 is 0 Å². The molecule has 3 heteroatoms. The average molecular weight is 363 g/mol. The molecule has 0 spiro atoms. The quantitative estimate of drug-likeness (QED) is 0.510. The Kier molecular flexibility index (Phi) is 6.44. The lowest BCUT2D eigenvalue weighted by Crippen LogP contribution is -2.42. The van der Waals surface area contributed by atoms with E-state index in [1.54, 1.807) is 6.21 Å². The molecule has 0 aliphatic heterocycles. The lowest BCUT2D eigenvalue weighted by Gasteiger charge is -2.43. The van der Waals surface area contributed by atoms with Crippen LogP contribution in [0.3, 0.4) is 0 Å². The van der Waals surface area contributed by atoms with Gasteiger partial charge in [0.05, 0.1) is 0 Å². The van der Waals surface area contributed by atoms with Crippen molar-refractivity contribution in [1.29, 1.82) is 10.8 Å². The number of ether oxygens (including phenoxy) is 1. The molecule has 27 heavy (non-hydrogen) atoms. The molecule has 5 atom stereocenters. The molecular formula is C24H30N2O. The van der Waals surface area contributed by atoms with Crippen LogP contribution in [0, 0.1) is 40.4 Å². The van der Waals surface area contributed by atoms with Gasteiger partial charge < -0.3 is 10.1 Å². The van der Waals surface area contributed by atoms with E-state index in [2.05, 4.69) is 44.2 Å². The summed E-state index contributed by atoms with van der Waals surface area (Å²) in [7, 11) is 0. The monoisotopic (exact) mass is 362 g/mol. The molecule has 2 aromatic carbocycles. The molecule has 3 nitrogen and oxygen atoms in total. The van der Waals surface area contributed by atoms with Gasteiger partial charge in [0.15, 0.2) is 5.90 Å².